The van der Waals surface area contributed by atoms with Crippen molar-refractivity contribution in [1.29, 1.82) is 0 Å². The van der Waals surface area contributed by atoms with Gasteiger partial charge in [0, 0.05) is 62.0 Å². The Hall–Kier alpha value is -1.82. The molecule has 0 aliphatic carbocycles. The molecule has 1 atom stereocenters. The Morgan fingerprint density at radius 1 is 1.33 bits per heavy atom. The minimum atomic E-state index is 0.245. The van der Waals surface area contributed by atoms with E-state index in [-0.39, 0.29) is 6.61 Å². The number of aryl methyl sites for hydroxylation is 1. The van der Waals surface area contributed by atoms with Gasteiger partial charge in [0.1, 0.15) is 5.75 Å². The van der Waals surface area contributed by atoms with Gasteiger partial charge in [0.15, 0.2) is 0 Å². The molecule has 5 heteroatoms. The largest absolute Gasteiger partial charge is 0.497 e. The fraction of sp³-hybridized carbons (Fsp3) is 0.545. The van der Waals surface area contributed by atoms with Crippen molar-refractivity contribution in [1.82, 2.24) is 14.8 Å². The number of aromatic nitrogens is 1. The number of aromatic amines is 1. The van der Waals surface area contributed by atoms with Gasteiger partial charge in [-0.3, -0.25) is 9.80 Å². The first-order valence-corrected chi connectivity index (χ1v) is 9.87. The van der Waals surface area contributed by atoms with Crippen molar-refractivity contribution in [2.45, 2.75) is 39.8 Å². The standard InChI is InChI=1S/C22H33N3O2/c1-16(2)7-9-25-11-10-24(14-18(25)8-12-26)15-22-17(3)20-13-19(27-4)5-6-21(20)23-22/h5-7,13,18,23,26H,8-12,14-15H2,1-4H3/t18-/m1/s1. The van der Waals surface area contributed by atoms with Crippen LogP contribution in [0.3, 0.4) is 0 Å². The van der Waals surface area contributed by atoms with Crippen LogP contribution in [0.15, 0.2) is 29.8 Å². The molecule has 3 rings (SSSR count). The molecule has 0 bridgehead atoms. The van der Waals surface area contributed by atoms with Crippen LogP contribution in [0.4, 0.5) is 0 Å². The lowest BCUT2D eigenvalue weighted by Crippen LogP contribution is -2.53. The summed E-state index contributed by atoms with van der Waals surface area (Å²) in [5.74, 6) is 0.895. The zero-order valence-corrected chi connectivity index (χ0v) is 17.1. The van der Waals surface area contributed by atoms with Crippen molar-refractivity contribution in [2.75, 3.05) is 39.9 Å². The number of rotatable bonds is 7. The SMILES string of the molecule is COc1ccc2[nH]c(CN3CCN(CC=C(C)C)[C@H](CCO)C3)c(C)c2c1. The Kier molecular flexibility index (Phi) is 6.58. The van der Waals surface area contributed by atoms with Crippen molar-refractivity contribution >= 4 is 10.9 Å². The highest BCUT2D eigenvalue weighted by molar-refractivity contribution is 5.85. The van der Waals surface area contributed by atoms with E-state index in [1.807, 2.05) is 6.07 Å². The number of nitrogens with one attached hydrogen (secondary N) is 1. The van der Waals surface area contributed by atoms with Gasteiger partial charge in [-0.05, 0) is 51.0 Å². The molecule has 5 nitrogen and oxygen atoms in total. The first-order valence-electron chi connectivity index (χ1n) is 9.87. The van der Waals surface area contributed by atoms with Crippen LogP contribution in [0.1, 0.15) is 31.5 Å². The minimum Gasteiger partial charge on any atom is -0.497 e. The lowest BCUT2D eigenvalue weighted by Gasteiger charge is -2.41. The molecule has 1 aromatic carbocycles. The number of methoxy groups -OCH3 is 1. The molecule has 0 unspecified atom stereocenters. The van der Waals surface area contributed by atoms with Gasteiger partial charge in [-0.2, -0.15) is 0 Å². The summed E-state index contributed by atoms with van der Waals surface area (Å²) in [5, 5.41) is 10.7. The second-order valence-corrected chi connectivity index (χ2v) is 7.82. The zero-order chi connectivity index (χ0) is 19.4. The highest BCUT2D eigenvalue weighted by Gasteiger charge is 2.26. The highest BCUT2D eigenvalue weighted by atomic mass is 16.5. The number of ether oxygens (including phenoxy) is 1. The summed E-state index contributed by atoms with van der Waals surface area (Å²) in [7, 11) is 1.71. The molecule has 1 saturated heterocycles. The molecule has 1 aliphatic heterocycles. The van der Waals surface area contributed by atoms with Crippen molar-refractivity contribution < 1.29 is 9.84 Å². The third-order valence-electron chi connectivity index (χ3n) is 5.64. The molecule has 2 heterocycles. The van der Waals surface area contributed by atoms with Crippen LogP contribution in [0, 0.1) is 6.92 Å². The first kappa shape index (κ1) is 19.9. The number of piperazine rings is 1. The predicted molar refractivity (Wildman–Crippen MR) is 111 cm³/mol. The second kappa shape index (κ2) is 8.91. The van der Waals surface area contributed by atoms with Crippen LogP contribution in [0.2, 0.25) is 0 Å². The molecular formula is C22H33N3O2. The lowest BCUT2D eigenvalue weighted by atomic mass is 10.1. The Balaban J connectivity index is 1.71. The Bertz CT molecular complexity index is 792. The number of H-pyrrole nitrogens is 1. The number of fused-ring (bicyclic) bond motifs is 1. The maximum Gasteiger partial charge on any atom is 0.119 e. The number of benzene rings is 1. The Labute approximate surface area is 162 Å². The van der Waals surface area contributed by atoms with E-state index in [0.29, 0.717) is 6.04 Å². The van der Waals surface area contributed by atoms with Gasteiger partial charge >= 0.3 is 0 Å². The van der Waals surface area contributed by atoms with Gasteiger partial charge in [-0.25, -0.2) is 0 Å². The molecule has 2 N–H and O–H groups in total. The predicted octanol–water partition coefficient (Wildman–Crippen LogP) is 3.32. The van der Waals surface area contributed by atoms with Crippen molar-refractivity contribution in [3.05, 3.63) is 41.1 Å². The van der Waals surface area contributed by atoms with Gasteiger partial charge in [0.05, 0.1) is 7.11 Å². The van der Waals surface area contributed by atoms with Crippen LogP contribution >= 0.6 is 0 Å². The average molecular weight is 372 g/mol. The van der Waals surface area contributed by atoms with Crippen LogP contribution in [-0.2, 0) is 6.54 Å². The summed E-state index contributed by atoms with van der Waals surface area (Å²) in [6, 6.07) is 6.61. The number of hydrogen-bond acceptors (Lipinski definition) is 4. The molecular weight excluding hydrogens is 338 g/mol. The number of aliphatic hydroxyl groups is 1. The molecule has 1 aromatic heterocycles. The summed E-state index contributed by atoms with van der Waals surface area (Å²) in [6.07, 6.45) is 3.12. The third-order valence-corrected chi connectivity index (χ3v) is 5.64. The Morgan fingerprint density at radius 3 is 2.85 bits per heavy atom. The fourth-order valence-electron chi connectivity index (χ4n) is 3.93. The summed E-state index contributed by atoms with van der Waals surface area (Å²) >= 11 is 0. The van der Waals surface area contributed by atoms with Crippen molar-refractivity contribution in [3.63, 3.8) is 0 Å². The number of aliphatic hydroxyl groups excluding tert-OH is 1. The van der Waals surface area contributed by atoms with Crippen LogP contribution < -0.4 is 4.74 Å². The highest BCUT2D eigenvalue weighted by Crippen LogP contribution is 2.27. The van der Waals surface area contributed by atoms with Gasteiger partial charge in [-0.1, -0.05) is 11.6 Å². The van der Waals surface area contributed by atoms with E-state index in [1.54, 1.807) is 7.11 Å². The fourth-order valence-corrected chi connectivity index (χ4v) is 3.93. The normalized spacial score (nSPS) is 18.8. The summed E-state index contributed by atoms with van der Waals surface area (Å²) in [6.45, 7) is 11.7. The minimum absolute atomic E-state index is 0.245. The molecule has 1 fully saturated rings. The van der Waals surface area contributed by atoms with Gasteiger partial charge in [0.2, 0.25) is 0 Å². The number of hydrogen-bond donors (Lipinski definition) is 2. The van der Waals surface area contributed by atoms with E-state index in [0.717, 1.165) is 50.4 Å². The quantitative estimate of drug-likeness (QED) is 0.733. The summed E-state index contributed by atoms with van der Waals surface area (Å²) < 4.78 is 5.37. The van der Waals surface area contributed by atoms with Gasteiger partial charge in [-0.15, -0.1) is 0 Å². The second-order valence-electron chi connectivity index (χ2n) is 7.82. The van der Waals surface area contributed by atoms with E-state index in [2.05, 4.69) is 53.8 Å². The van der Waals surface area contributed by atoms with Crippen LogP contribution in [-0.4, -0.2) is 65.8 Å². The first-order chi connectivity index (χ1) is 13.0. The average Bonchev–Trinajstić information content (AvgIpc) is 2.96. The van der Waals surface area contributed by atoms with Crippen LogP contribution in [0.5, 0.6) is 5.75 Å². The summed E-state index contributed by atoms with van der Waals surface area (Å²) in [5.41, 5.74) is 5.09. The smallest absolute Gasteiger partial charge is 0.119 e. The van der Waals surface area contributed by atoms with E-state index in [4.69, 9.17) is 4.74 Å². The van der Waals surface area contributed by atoms with E-state index in [9.17, 15) is 5.11 Å². The third kappa shape index (κ3) is 4.72. The maximum absolute atomic E-state index is 9.50. The van der Waals surface area contributed by atoms with E-state index >= 15 is 0 Å². The lowest BCUT2D eigenvalue weighted by molar-refractivity contribution is 0.0630. The molecule has 148 valence electrons. The molecule has 0 radical (unpaired) electrons. The zero-order valence-electron chi connectivity index (χ0n) is 17.1. The molecule has 2 aromatic rings. The van der Waals surface area contributed by atoms with E-state index < -0.39 is 0 Å². The maximum atomic E-state index is 9.50. The topological polar surface area (TPSA) is 51.7 Å². The van der Waals surface area contributed by atoms with Gasteiger partial charge < -0.3 is 14.8 Å². The molecule has 0 spiro atoms. The molecule has 0 amide bonds. The van der Waals surface area contributed by atoms with Crippen molar-refractivity contribution in [2.24, 2.45) is 0 Å². The molecule has 0 saturated carbocycles. The van der Waals surface area contributed by atoms with E-state index in [1.165, 1.54) is 22.2 Å². The monoisotopic (exact) mass is 371 g/mol. The number of nitrogens with zero attached hydrogens (tertiary/aromatic N) is 2. The molecule has 1 aliphatic rings. The van der Waals surface area contributed by atoms with Crippen LogP contribution in [0.25, 0.3) is 10.9 Å². The van der Waals surface area contributed by atoms with Crippen molar-refractivity contribution in [3.8, 4) is 5.75 Å². The number of allylic oxidation sites excluding steroid dienone is 1. The van der Waals surface area contributed by atoms with Gasteiger partial charge in [0.25, 0.3) is 0 Å². The Morgan fingerprint density at radius 2 is 2.15 bits per heavy atom. The molecule has 27 heavy (non-hydrogen) atoms. The summed E-state index contributed by atoms with van der Waals surface area (Å²) in [4.78, 5) is 8.60.